The zero-order valence-electron chi connectivity index (χ0n) is 13.5. The molecule has 0 saturated carbocycles. The van der Waals surface area contributed by atoms with Gasteiger partial charge in [0.2, 0.25) is 0 Å². The summed E-state index contributed by atoms with van der Waals surface area (Å²) in [7, 11) is 0. The summed E-state index contributed by atoms with van der Waals surface area (Å²) in [6.45, 7) is 0. The van der Waals surface area contributed by atoms with E-state index in [2.05, 4.69) is 50.3 Å². The molecule has 2 radical (unpaired) electrons. The van der Waals surface area contributed by atoms with Gasteiger partial charge < -0.3 is 9.97 Å². The second-order valence-electron chi connectivity index (χ2n) is 5.91. The van der Waals surface area contributed by atoms with Crippen LogP contribution in [0.1, 0.15) is 22.8 Å². The molecule has 25 heavy (non-hydrogen) atoms. The Morgan fingerprint density at radius 3 is 1.28 bits per heavy atom. The van der Waals surface area contributed by atoms with Crippen LogP contribution in [0.25, 0.3) is 46.4 Å². The van der Waals surface area contributed by atoms with Gasteiger partial charge in [0.05, 0.1) is 22.8 Å². The summed E-state index contributed by atoms with van der Waals surface area (Å²) in [4.78, 5) is 16.0. The molecule has 0 atom stereocenters. The van der Waals surface area contributed by atoms with Crippen LogP contribution in [-0.2, 0) is 0 Å². The van der Waals surface area contributed by atoms with Crippen molar-refractivity contribution < 1.29 is 0 Å². The molecule has 0 fully saturated rings. The van der Waals surface area contributed by atoms with Crippen molar-refractivity contribution in [2.45, 2.75) is 0 Å². The number of rotatable bonds is 0. The van der Waals surface area contributed by atoms with Crippen LogP contribution in [0, 0.1) is 0 Å². The molecule has 0 aliphatic carbocycles. The molecule has 8 bridgehead atoms. The number of nitrogens with zero attached hydrogens (tertiary/aromatic N) is 2. The topological polar surface area (TPSA) is 57.4 Å². The summed E-state index contributed by atoms with van der Waals surface area (Å²) >= 11 is 0. The van der Waals surface area contributed by atoms with Crippen LogP contribution in [0.3, 0.4) is 0 Å². The summed E-state index contributed by atoms with van der Waals surface area (Å²) < 4.78 is 0. The second kappa shape index (κ2) is 6.64. The molecular weight excluding hydrogens is 336 g/mol. The minimum absolute atomic E-state index is 0. The second-order valence-corrected chi connectivity index (χ2v) is 5.91. The summed E-state index contributed by atoms with van der Waals surface area (Å²) in [6.07, 6.45) is 8.05. The molecule has 0 unspecified atom stereocenters. The van der Waals surface area contributed by atoms with Crippen LogP contribution in [0.2, 0.25) is 0 Å². The first-order valence-corrected chi connectivity index (χ1v) is 7.85. The smallest absolute Gasteiger partial charge is 0.0659 e. The molecule has 3 aromatic heterocycles. The van der Waals surface area contributed by atoms with Crippen molar-refractivity contribution in [3.63, 3.8) is 0 Å². The fraction of sp³-hybridized carbons (Fsp3) is 0. The predicted molar refractivity (Wildman–Crippen MR) is 105 cm³/mol. The summed E-state index contributed by atoms with van der Waals surface area (Å²) in [6, 6.07) is 16.4. The zero-order valence-corrected chi connectivity index (χ0v) is 15.7. The summed E-state index contributed by atoms with van der Waals surface area (Å²) in [5.41, 5.74) is 7.86. The molecule has 2 N–H and O–H groups in total. The Balaban J connectivity index is 0.00000157. The van der Waals surface area contributed by atoms with Crippen LogP contribution in [-0.4, -0.2) is 57.7 Å². The van der Waals surface area contributed by atoms with Crippen molar-refractivity contribution in [3.05, 3.63) is 71.3 Å². The van der Waals surface area contributed by atoms with Crippen molar-refractivity contribution in [1.82, 2.24) is 19.9 Å². The van der Waals surface area contributed by atoms with Gasteiger partial charge in [0.25, 0.3) is 0 Å². The van der Waals surface area contributed by atoms with Gasteiger partial charge in [-0.05, 0) is 72.8 Å². The van der Waals surface area contributed by atoms with Gasteiger partial charge in [-0.1, -0.05) is 0 Å². The van der Waals surface area contributed by atoms with Gasteiger partial charge in [0.15, 0.2) is 0 Å². The molecule has 0 aromatic carbocycles. The van der Waals surface area contributed by atoms with Gasteiger partial charge in [-0.15, -0.1) is 0 Å². The third kappa shape index (κ3) is 3.47. The van der Waals surface area contributed by atoms with Crippen molar-refractivity contribution in [2.24, 2.45) is 0 Å². The largest absolute Gasteiger partial charge is 0.355 e. The molecule has 0 spiro atoms. The van der Waals surface area contributed by atoms with Crippen molar-refractivity contribution >= 4 is 84.1 Å². The van der Waals surface area contributed by atoms with E-state index in [-0.39, 0.29) is 37.7 Å². The number of H-pyrrole nitrogens is 2. The van der Waals surface area contributed by atoms with Gasteiger partial charge in [-0.2, -0.15) is 0 Å². The van der Waals surface area contributed by atoms with Crippen LogP contribution in [0.5, 0.6) is 0 Å². The van der Waals surface area contributed by atoms with E-state index in [0.717, 1.165) is 44.8 Å². The third-order valence-corrected chi connectivity index (χ3v) is 4.04. The van der Waals surface area contributed by atoms with Gasteiger partial charge in [0.1, 0.15) is 0 Å². The summed E-state index contributed by atoms with van der Waals surface area (Å²) in [5.74, 6) is 0. The molecule has 2 aliphatic rings. The van der Waals surface area contributed by atoms with Gasteiger partial charge in [-0.25, -0.2) is 9.97 Å². The van der Waals surface area contributed by atoms with Crippen LogP contribution < -0.4 is 0 Å². The summed E-state index contributed by atoms with van der Waals surface area (Å²) in [5, 5.41) is 0. The van der Waals surface area contributed by atoms with Gasteiger partial charge in [0, 0.05) is 59.8 Å². The van der Waals surface area contributed by atoms with E-state index in [9.17, 15) is 0 Å². The quantitative estimate of drug-likeness (QED) is 0.410. The maximum Gasteiger partial charge on any atom is 0.0659 e. The Morgan fingerprint density at radius 1 is 0.480 bits per heavy atom. The standard InChI is InChI=1S/C20H14N4.Ca/c1-2-14-10-16-5-6-18(23-16)12-20-8-7-19(24-20)11-17-4-3-15(22-17)9-13(1)21-14;/h1-12,21-22H;. The van der Waals surface area contributed by atoms with E-state index in [1.807, 2.05) is 42.5 Å². The predicted octanol–water partition coefficient (Wildman–Crippen LogP) is 4.27. The normalized spacial score (nSPS) is 12.2. The molecule has 0 saturated heterocycles. The number of aromatic nitrogens is 4. The Bertz CT molecular complexity index is 1080. The molecule has 0 amide bonds. The molecule has 5 rings (SSSR count). The van der Waals surface area contributed by atoms with E-state index >= 15 is 0 Å². The minimum atomic E-state index is 0. The SMILES string of the molecule is C1=Cc2cc3ccc(cc4ccc(cc5nc(cc1n2)C=C5)[nH]4)[nH]3.[Ca]. The first-order valence-electron chi connectivity index (χ1n) is 7.85. The fourth-order valence-electron chi connectivity index (χ4n) is 2.94. The average molecular weight is 350 g/mol. The van der Waals surface area contributed by atoms with Crippen LogP contribution in [0.4, 0.5) is 0 Å². The minimum Gasteiger partial charge on any atom is -0.355 e. The van der Waals surface area contributed by atoms with E-state index in [0.29, 0.717) is 0 Å². The molecule has 5 heterocycles. The molecule has 5 heteroatoms. The van der Waals surface area contributed by atoms with Crippen molar-refractivity contribution in [1.29, 1.82) is 0 Å². The fourth-order valence-corrected chi connectivity index (χ4v) is 2.94. The van der Waals surface area contributed by atoms with Crippen molar-refractivity contribution in [2.75, 3.05) is 0 Å². The zero-order chi connectivity index (χ0) is 15.9. The first-order chi connectivity index (χ1) is 11.8. The number of hydrogen-bond donors (Lipinski definition) is 2. The molecule has 2 aliphatic heterocycles. The molecule has 116 valence electrons. The third-order valence-electron chi connectivity index (χ3n) is 4.04. The molecule has 4 nitrogen and oxygen atoms in total. The van der Waals surface area contributed by atoms with Crippen LogP contribution in [0.15, 0.2) is 48.5 Å². The maximum absolute atomic E-state index is 4.62. The van der Waals surface area contributed by atoms with E-state index in [4.69, 9.17) is 0 Å². The Hall–Kier alpha value is -2.14. The number of hydrogen-bond acceptors (Lipinski definition) is 2. The van der Waals surface area contributed by atoms with Crippen molar-refractivity contribution in [3.8, 4) is 0 Å². The molecule has 3 aromatic rings. The van der Waals surface area contributed by atoms with E-state index in [1.165, 1.54) is 0 Å². The molecular formula is C20H14CaN4. The average Bonchev–Trinajstić information content (AvgIpc) is 3.32. The van der Waals surface area contributed by atoms with Crippen LogP contribution >= 0.6 is 0 Å². The Labute approximate surface area is 174 Å². The monoisotopic (exact) mass is 350 g/mol. The van der Waals surface area contributed by atoms with Gasteiger partial charge in [-0.3, -0.25) is 0 Å². The maximum atomic E-state index is 4.62. The first kappa shape index (κ1) is 16.3. The number of aromatic amines is 2. The van der Waals surface area contributed by atoms with E-state index in [1.54, 1.807) is 0 Å². The Kier molecular flexibility index (Phi) is 4.34. The van der Waals surface area contributed by atoms with Gasteiger partial charge >= 0.3 is 0 Å². The number of fused-ring (bicyclic) bond motifs is 8. The number of nitrogens with one attached hydrogen (secondary N) is 2. The van der Waals surface area contributed by atoms with E-state index < -0.39 is 0 Å². The Morgan fingerprint density at radius 2 is 0.840 bits per heavy atom.